The summed E-state index contributed by atoms with van der Waals surface area (Å²) in [5, 5.41) is 15.0. The number of nitrogens with two attached hydrogens (primary N) is 3. The first kappa shape index (κ1) is 46.8. The summed E-state index contributed by atoms with van der Waals surface area (Å²) in [6, 6.07) is -7.87. The number of carbonyl (C=O) groups is 10. The summed E-state index contributed by atoms with van der Waals surface area (Å²) in [7, 11) is 1.70. The maximum absolute atomic E-state index is 13.6. The molecule has 2 aliphatic heterocycles. The smallest absolute Gasteiger partial charge is 0.245 e. The highest BCUT2D eigenvalue weighted by Crippen LogP contribution is 2.20. The van der Waals surface area contributed by atoms with Crippen molar-refractivity contribution in [2.45, 2.75) is 122 Å². The highest BCUT2D eigenvalue weighted by atomic mass is 16.2. The van der Waals surface area contributed by atoms with Crippen molar-refractivity contribution in [1.29, 1.82) is 0 Å². The molecule has 0 aliphatic carbocycles. The molecule has 2 aliphatic rings. The van der Waals surface area contributed by atoms with Gasteiger partial charge in [0.1, 0.15) is 36.3 Å². The summed E-state index contributed by atoms with van der Waals surface area (Å²) in [6.45, 7) is 8.71. The van der Waals surface area contributed by atoms with Gasteiger partial charge in [0, 0.05) is 19.5 Å². The van der Waals surface area contributed by atoms with Gasteiger partial charge in [0.05, 0.1) is 19.0 Å². The normalized spacial score (nSPS) is 21.0. The molecule has 3 unspecified atom stereocenters. The molecule has 0 spiro atoms. The minimum Gasteiger partial charge on any atom is -0.370 e. The van der Waals surface area contributed by atoms with E-state index in [4.69, 9.17) is 17.2 Å². The van der Waals surface area contributed by atoms with E-state index >= 15 is 0 Å². The van der Waals surface area contributed by atoms with Crippen molar-refractivity contribution in [2.75, 3.05) is 26.7 Å². The minimum atomic E-state index is -1.63. The molecule has 12 N–H and O–H groups in total. The molecule has 21 heteroatoms. The van der Waals surface area contributed by atoms with Gasteiger partial charge >= 0.3 is 0 Å². The fourth-order valence-electron chi connectivity index (χ4n) is 6.68. The number of likely N-dealkylation sites (tertiary alicyclic amines) is 1. The van der Waals surface area contributed by atoms with Gasteiger partial charge in [-0.1, -0.05) is 34.1 Å². The van der Waals surface area contributed by atoms with Crippen LogP contribution in [0.3, 0.4) is 0 Å². The molecule has 0 radical (unpaired) electrons. The third-order valence-corrected chi connectivity index (χ3v) is 9.73. The number of hydrogen-bond acceptors (Lipinski definition) is 11. The maximum atomic E-state index is 13.6. The molecule has 2 heterocycles. The Hall–Kier alpha value is -5.34. The molecule has 0 aromatic heterocycles. The van der Waals surface area contributed by atoms with Gasteiger partial charge in [0.2, 0.25) is 59.1 Å². The lowest BCUT2D eigenvalue weighted by Crippen LogP contribution is -2.66. The number of likely N-dealkylation sites (N-methyl/N-ethyl adjacent to an activating group) is 1. The van der Waals surface area contributed by atoms with Gasteiger partial charge in [-0.3, -0.25) is 52.8 Å². The molecule has 0 aromatic rings. The summed E-state index contributed by atoms with van der Waals surface area (Å²) in [6.07, 6.45) is 0.306. The number of hydrogen-bond donors (Lipinski definition) is 9. The molecule has 2 rings (SSSR count). The molecule has 56 heavy (non-hydrogen) atoms. The Kier molecular flexibility index (Phi) is 18.1. The van der Waals surface area contributed by atoms with E-state index in [-0.39, 0.29) is 56.5 Å². The predicted molar refractivity (Wildman–Crippen MR) is 200 cm³/mol. The quantitative estimate of drug-likeness (QED) is 0.0534. The highest BCUT2D eigenvalue weighted by molar-refractivity contribution is 5.99. The number of carbonyl (C=O) groups excluding carboxylic acids is 10. The Bertz CT molecular complexity index is 1510. The van der Waals surface area contributed by atoms with Gasteiger partial charge in [0.15, 0.2) is 0 Å². The van der Waals surface area contributed by atoms with Gasteiger partial charge in [-0.05, 0) is 51.5 Å². The number of rotatable bonds is 21. The van der Waals surface area contributed by atoms with Gasteiger partial charge in [0.25, 0.3) is 0 Å². The summed E-state index contributed by atoms with van der Waals surface area (Å²) < 4.78 is 0. The molecule has 0 bridgehead atoms. The fraction of sp³-hybridized carbons (Fsp3) is 0.714. The molecule has 0 saturated carbocycles. The highest BCUT2D eigenvalue weighted by Gasteiger charge is 2.41. The van der Waals surface area contributed by atoms with Crippen LogP contribution in [-0.2, 0) is 47.9 Å². The van der Waals surface area contributed by atoms with Crippen LogP contribution in [0.2, 0.25) is 0 Å². The fourth-order valence-corrected chi connectivity index (χ4v) is 6.68. The second-order valence-electron chi connectivity index (χ2n) is 14.9. The van der Waals surface area contributed by atoms with Crippen LogP contribution in [0.5, 0.6) is 0 Å². The van der Waals surface area contributed by atoms with E-state index < -0.39 is 108 Å². The van der Waals surface area contributed by atoms with Crippen molar-refractivity contribution in [3.63, 3.8) is 0 Å². The molecule has 2 saturated heterocycles. The average Bonchev–Trinajstić information content (AvgIpc) is 3.60. The van der Waals surface area contributed by atoms with Crippen molar-refractivity contribution < 1.29 is 47.9 Å². The van der Waals surface area contributed by atoms with Crippen LogP contribution in [0.25, 0.3) is 0 Å². The average molecular weight is 794 g/mol. The van der Waals surface area contributed by atoms with Crippen LogP contribution in [-0.4, -0.2) is 138 Å². The monoisotopic (exact) mass is 793 g/mol. The third-order valence-electron chi connectivity index (χ3n) is 9.73. The van der Waals surface area contributed by atoms with Crippen molar-refractivity contribution in [3.8, 4) is 0 Å². The van der Waals surface area contributed by atoms with Crippen LogP contribution >= 0.6 is 0 Å². The molecule has 314 valence electrons. The van der Waals surface area contributed by atoms with E-state index in [2.05, 4.69) is 31.9 Å². The first-order chi connectivity index (χ1) is 26.2. The Labute approximate surface area is 326 Å². The van der Waals surface area contributed by atoms with E-state index in [1.807, 2.05) is 27.7 Å². The zero-order valence-corrected chi connectivity index (χ0v) is 33.0. The summed E-state index contributed by atoms with van der Waals surface area (Å²) in [4.78, 5) is 131. The largest absolute Gasteiger partial charge is 0.370 e. The van der Waals surface area contributed by atoms with Gasteiger partial charge < -0.3 is 54.0 Å². The zero-order chi connectivity index (χ0) is 42.4. The van der Waals surface area contributed by atoms with Gasteiger partial charge in [-0.2, -0.15) is 0 Å². The van der Waals surface area contributed by atoms with Gasteiger partial charge in [-0.15, -0.1) is 0 Å². The van der Waals surface area contributed by atoms with Crippen LogP contribution in [0.4, 0.5) is 0 Å². The Morgan fingerprint density at radius 3 is 1.98 bits per heavy atom. The zero-order valence-electron chi connectivity index (χ0n) is 33.0. The number of amides is 10. The lowest BCUT2D eigenvalue weighted by molar-refractivity contribution is -0.142. The Morgan fingerprint density at radius 1 is 0.804 bits per heavy atom. The topological polar surface area (TPSA) is 327 Å². The van der Waals surface area contributed by atoms with E-state index in [9.17, 15) is 47.9 Å². The van der Waals surface area contributed by atoms with E-state index in [1.54, 1.807) is 11.9 Å². The van der Waals surface area contributed by atoms with Crippen molar-refractivity contribution >= 4 is 59.1 Å². The van der Waals surface area contributed by atoms with E-state index in [1.165, 1.54) is 11.8 Å². The van der Waals surface area contributed by atoms with Crippen LogP contribution in [0.15, 0.2) is 0 Å². The molecule has 0 aromatic carbocycles. The second-order valence-corrected chi connectivity index (χ2v) is 14.9. The molecule has 2 fully saturated rings. The summed E-state index contributed by atoms with van der Waals surface area (Å²) in [5.74, 6) is -7.53. The number of nitrogens with zero attached hydrogens (tertiary/aromatic N) is 2. The van der Waals surface area contributed by atoms with Crippen molar-refractivity contribution in [3.05, 3.63) is 0 Å². The molecular formula is C35H59N11O10. The Balaban J connectivity index is 2.16. The molecular weight excluding hydrogens is 734 g/mol. The van der Waals surface area contributed by atoms with E-state index in [0.29, 0.717) is 6.42 Å². The lowest BCUT2D eigenvalue weighted by Gasteiger charge is -2.39. The molecule has 10 amide bonds. The van der Waals surface area contributed by atoms with Gasteiger partial charge in [-0.25, -0.2) is 0 Å². The predicted octanol–water partition coefficient (Wildman–Crippen LogP) is -4.43. The van der Waals surface area contributed by atoms with Crippen LogP contribution < -0.4 is 49.1 Å². The summed E-state index contributed by atoms with van der Waals surface area (Å²) in [5.41, 5.74) is 15.8. The maximum Gasteiger partial charge on any atom is 0.245 e. The minimum absolute atomic E-state index is 0.00399. The number of primary amides is 3. The lowest BCUT2D eigenvalue weighted by atomic mass is 9.94. The number of piperazine rings is 1. The van der Waals surface area contributed by atoms with Crippen LogP contribution in [0, 0.1) is 11.8 Å². The standard InChI is InChI=1S/C35H59N11O10/c1-7-18(4)28-34(55)44-23(16-45(28)6)32(53)41-20(10-11-25(36)47)30(51)42-22(14-26(37)48)31(52)40-19(5)35(56)46-12-8-9-24(46)33(54)43-21(13-17(2)3)29(50)39-15-27(38)49/h17-24,28H,7-16H2,1-6H3,(H2,36,47)(H2,37,48)(H2,38,49)(H,39,50)(H,40,52)(H,41,53)(H,42,51)(H,43,54)(H,44,55)/t18?,19?,20?,21-,22-,23+,24-,28-/m0/s1. The summed E-state index contributed by atoms with van der Waals surface area (Å²) >= 11 is 0. The first-order valence-electron chi connectivity index (χ1n) is 18.8. The van der Waals surface area contributed by atoms with Crippen LogP contribution in [0.1, 0.15) is 79.6 Å². The second kappa shape index (κ2) is 21.7. The first-order valence-corrected chi connectivity index (χ1v) is 18.8. The van der Waals surface area contributed by atoms with Crippen molar-refractivity contribution in [2.24, 2.45) is 29.0 Å². The van der Waals surface area contributed by atoms with Crippen molar-refractivity contribution in [1.82, 2.24) is 41.7 Å². The number of nitrogens with one attached hydrogen (secondary N) is 6. The molecule has 21 nitrogen and oxygen atoms in total. The Morgan fingerprint density at radius 2 is 1.43 bits per heavy atom. The van der Waals surface area contributed by atoms with E-state index in [0.717, 1.165) is 6.42 Å². The third kappa shape index (κ3) is 14.1. The molecule has 8 atom stereocenters. The SMILES string of the molecule is CCC(C)[C@H]1C(=O)N[C@@H](C(=O)NC(CCC(N)=O)C(=O)N[C@@H](CC(N)=O)C(=O)NC(C)C(=O)N2CCC[C@H]2C(=O)N[C@@H](CC(C)C)C(=O)NCC(N)=O)CN1C.